The number of benzene rings is 8. The van der Waals surface area contributed by atoms with Gasteiger partial charge in [-0.3, -0.25) is 0 Å². The molecule has 0 aliphatic heterocycles. The first-order chi connectivity index (χ1) is 29.6. The summed E-state index contributed by atoms with van der Waals surface area (Å²) in [5, 5.41) is 6.98. The van der Waals surface area contributed by atoms with Gasteiger partial charge in [-0.05, 0) is 100 Å². The molecule has 1 aromatic heterocycles. The van der Waals surface area contributed by atoms with Gasteiger partial charge in [0.15, 0.2) is 0 Å². The monoisotopic (exact) mass is 854 g/mol. The number of aromatic nitrogens is 1. The van der Waals surface area contributed by atoms with Crippen LogP contribution in [-0.4, -0.2) is 28.8 Å². The van der Waals surface area contributed by atoms with Crippen molar-refractivity contribution in [1.82, 2.24) is 4.57 Å². The third-order valence-corrected chi connectivity index (χ3v) is 18.7. The summed E-state index contributed by atoms with van der Waals surface area (Å²) in [6.45, 7) is 21.7. The lowest BCUT2D eigenvalue weighted by molar-refractivity contribution is 1.18. The lowest BCUT2D eigenvalue weighted by Gasteiger charge is -2.26. The minimum Gasteiger partial charge on any atom is -0.311 e. The van der Waals surface area contributed by atoms with Gasteiger partial charge in [-0.2, -0.15) is 0 Å². The van der Waals surface area contributed by atoms with Crippen LogP contribution < -0.4 is 20.5 Å². The fraction of sp³-hybridized carbons (Fsp3) is 0.158. The Kier molecular flexibility index (Phi) is 10.7. The fourth-order valence-corrected chi connectivity index (χ4v) is 12.2. The fourth-order valence-electron chi connectivity index (χ4n) is 8.72. The Balaban J connectivity index is 1.07. The van der Waals surface area contributed by atoms with Gasteiger partial charge in [-0.1, -0.05) is 196 Å². The maximum atomic E-state index is 2.42. The first kappa shape index (κ1) is 41.4. The van der Waals surface area contributed by atoms with Crippen molar-refractivity contribution < 1.29 is 0 Å². The van der Waals surface area contributed by atoms with Crippen molar-refractivity contribution in [1.29, 1.82) is 0 Å². The minimum absolute atomic E-state index is 1.12. The second-order valence-electron chi connectivity index (χ2n) is 20.0. The molecule has 9 rings (SSSR count). The number of anilines is 3. The molecule has 0 bridgehead atoms. The second kappa shape index (κ2) is 16.0. The molecule has 0 saturated heterocycles. The number of hydrogen-bond acceptors (Lipinski definition) is 1. The van der Waals surface area contributed by atoms with Crippen molar-refractivity contribution in [3.8, 4) is 39.1 Å². The van der Waals surface area contributed by atoms with E-state index >= 15 is 0 Å². The SMILES string of the molecule is C[Si](C)(C)c1ccc(-c2ccc(N(c3ccc(-c4ccc([Si](C)(C)C)cc4)cc3)c3ccc(-c4ccc5c(c4)c4ccccc4n5-c4ccc([Si](C)(C)C)cc4)cc3)cc2)cc1. The largest absolute Gasteiger partial charge is 0.311 e. The van der Waals surface area contributed by atoms with Gasteiger partial charge in [-0.15, -0.1) is 0 Å². The molecule has 0 aliphatic carbocycles. The maximum absolute atomic E-state index is 2.42. The van der Waals surface area contributed by atoms with Gasteiger partial charge in [0, 0.05) is 33.5 Å². The van der Waals surface area contributed by atoms with Crippen LogP contribution in [0.15, 0.2) is 188 Å². The van der Waals surface area contributed by atoms with Gasteiger partial charge in [-0.25, -0.2) is 0 Å². The Labute approximate surface area is 372 Å². The molecule has 0 unspecified atom stereocenters. The van der Waals surface area contributed by atoms with E-state index in [1.807, 2.05) is 0 Å². The summed E-state index contributed by atoms with van der Waals surface area (Å²) in [4.78, 5) is 2.38. The Hall–Kier alpha value is -5.99. The molecule has 9 aromatic rings. The highest BCUT2D eigenvalue weighted by molar-refractivity contribution is 6.89. The van der Waals surface area contributed by atoms with E-state index in [9.17, 15) is 0 Å². The van der Waals surface area contributed by atoms with Crippen molar-refractivity contribution in [3.63, 3.8) is 0 Å². The number of rotatable bonds is 10. The maximum Gasteiger partial charge on any atom is 0.0775 e. The van der Waals surface area contributed by atoms with E-state index in [0.29, 0.717) is 0 Å². The smallest absolute Gasteiger partial charge is 0.0775 e. The van der Waals surface area contributed by atoms with Gasteiger partial charge in [0.25, 0.3) is 0 Å². The zero-order valence-electron chi connectivity index (χ0n) is 37.8. The van der Waals surface area contributed by atoms with Crippen LogP contribution in [0.2, 0.25) is 58.9 Å². The lowest BCUT2D eigenvalue weighted by atomic mass is 10.0. The normalized spacial score (nSPS) is 12.3. The van der Waals surface area contributed by atoms with Crippen molar-refractivity contribution in [2.75, 3.05) is 4.90 Å². The van der Waals surface area contributed by atoms with Crippen molar-refractivity contribution >= 4 is 78.6 Å². The number of para-hydroxylation sites is 1. The van der Waals surface area contributed by atoms with Crippen molar-refractivity contribution in [2.45, 2.75) is 58.9 Å². The third-order valence-electron chi connectivity index (χ3n) is 12.5. The molecular formula is C57H58N2Si3. The van der Waals surface area contributed by atoms with Crippen LogP contribution in [0.5, 0.6) is 0 Å². The molecule has 1 heterocycles. The third kappa shape index (κ3) is 8.20. The van der Waals surface area contributed by atoms with Crippen LogP contribution in [0.25, 0.3) is 60.9 Å². The summed E-state index contributed by atoms with van der Waals surface area (Å²) in [6, 6.07) is 70.7. The van der Waals surface area contributed by atoms with Gasteiger partial charge in [0.2, 0.25) is 0 Å². The average molecular weight is 855 g/mol. The first-order valence-electron chi connectivity index (χ1n) is 22.1. The Morgan fingerprint density at radius 2 is 0.629 bits per heavy atom. The van der Waals surface area contributed by atoms with E-state index in [1.165, 1.54) is 76.4 Å². The van der Waals surface area contributed by atoms with Gasteiger partial charge >= 0.3 is 0 Å². The zero-order valence-corrected chi connectivity index (χ0v) is 40.8. The molecular weight excluding hydrogens is 797 g/mol. The quantitative estimate of drug-likeness (QED) is 0.124. The summed E-state index contributed by atoms with van der Waals surface area (Å²) in [6.07, 6.45) is 0. The van der Waals surface area contributed by atoms with Crippen LogP contribution in [-0.2, 0) is 0 Å². The predicted molar refractivity (Wildman–Crippen MR) is 281 cm³/mol. The van der Waals surface area contributed by atoms with E-state index in [1.54, 1.807) is 0 Å². The molecule has 308 valence electrons. The lowest BCUT2D eigenvalue weighted by Crippen LogP contribution is -2.37. The van der Waals surface area contributed by atoms with Crippen molar-refractivity contribution in [2.24, 2.45) is 0 Å². The molecule has 0 aliphatic rings. The van der Waals surface area contributed by atoms with Gasteiger partial charge in [0.1, 0.15) is 0 Å². The van der Waals surface area contributed by atoms with Crippen LogP contribution >= 0.6 is 0 Å². The summed E-state index contributed by atoms with van der Waals surface area (Å²) in [7, 11) is -4.13. The predicted octanol–water partition coefficient (Wildman–Crippen LogP) is 14.9. The van der Waals surface area contributed by atoms with E-state index < -0.39 is 24.2 Å². The zero-order chi connectivity index (χ0) is 43.4. The highest BCUT2D eigenvalue weighted by Crippen LogP contribution is 2.39. The first-order valence-corrected chi connectivity index (χ1v) is 32.6. The molecule has 62 heavy (non-hydrogen) atoms. The average Bonchev–Trinajstić information content (AvgIpc) is 3.60. The minimum atomic E-state index is -1.40. The molecule has 0 N–H and O–H groups in total. The number of nitrogens with zero attached hydrogens (tertiary/aromatic N) is 2. The van der Waals surface area contributed by atoms with Crippen LogP contribution in [0.1, 0.15) is 0 Å². The summed E-state index contributed by atoms with van der Waals surface area (Å²) in [5.74, 6) is 0. The van der Waals surface area contributed by atoms with Gasteiger partial charge in [0.05, 0.1) is 35.3 Å². The van der Waals surface area contributed by atoms with E-state index in [-0.39, 0.29) is 0 Å². The molecule has 0 spiro atoms. The number of hydrogen-bond donors (Lipinski definition) is 0. The van der Waals surface area contributed by atoms with Gasteiger partial charge < -0.3 is 9.47 Å². The summed E-state index contributed by atoms with van der Waals surface area (Å²) in [5.41, 5.74) is 14.4. The Bertz CT molecular complexity index is 2900. The molecule has 0 fully saturated rings. The standard InChI is InChI=1S/C57H58N2Si3/c1-60(2,3)51-33-20-43(21-34-51)41-14-25-47(26-15-41)58(48-27-16-42(17-28-48)44-22-35-52(36-23-44)61(4,5)6)49-29-18-45(19-30-49)46-24-39-57-55(40-46)54-12-10-11-13-56(54)59(57)50-31-37-53(38-32-50)62(7,8)9/h10-40H,1-9H3. The van der Waals surface area contributed by atoms with Crippen LogP contribution in [0, 0.1) is 0 Å². The summed E-state index contributed by atoms with van der Waals surface area (Å²) >= 11 is 0. The van der Waals surface area contributed by atoms with Crippen LogP contribution in [0.4, 0.5) is 17.1 Å². The van der Waals surface area contributed by atoms with Crippen LogP contribution in [0.3, 0.4) is 0 Å². The molecule has 2 nitrogen and oxygen atoms in total. The molecule has 0 radical (unpaired) electrons. The number of fused-ring (bicyclic) bond motifs is 3. The second-order valence-corrected chi connectivity index (χ2v) is 35.2. The van der Waals surface area contributed by atoms with Crippen molar-refractivity contribution in [3.05, 3.63) is 188 Å². The molecule has 0 amide bonds. The highest BCUT2D eigenvalue weighted by atomic mass is 28.3. The molecule has 8 aromatic carbocycles. The summed E-state index contributed by atoms with van der Waals surface area (Å²) < 4.78 is 2.42. The Morgan fingerprint density at radius 1 is 0.306 bits per heavy atom. The van der Waals surface area contributed by atoms with E-state index in [2.05, 4.69) is 256 Å². The topological polar surface area (TPSA) is 8.17 Å². The molecule has 0 atom stereocenters. The highest BCUT2D eigenvalue weighted by Gasteiger charge is 2.20. The molecule has 0 saturated carbocycles. The van der Waals surface area contributed by atoms with E-state index in [4.69, 9.17) is 0 Å². The van der Waals surface area contributed by atoms with E-state index in [0.717, 1.165) is 17.1 Å². The Morgan fingerprint density at radius 3 is 1.03 bits per heavy atom. The molecule has 5 heteroatoms.